The number of halogens is 3. The van der Waals surface area contributed by atoms with Crippen molar-refractivity contribution >= 4 is 16.6 Å². The van der Waals surface area contributed by atoms with Gasteiger partial charge in [0, 0.05) is 29.3 Å². The summed E-state index contributed by atoms with van der Waals surface area (Å²) in [5, 5.41) is 4.30. The monoisotopic (exact) mass is 290 g/mol. The lowest BCUT2D eigenvalue weighted by Gasteiger charge is -2.09. The Morgan fingerprint density at radius 3 is 2.43 bits per heavy atom. The van der Waals surface area contributed by atoms with Gasteiger partial charge in [0.05, 0.1) is 5.56 Å². The summed E-state index contributed by atoms with van der Waals surface area (Å²) in [6.07, 6.45) is -2.42. The number of hydrogen-bond donors (Lipinski definition) is 2. The number of nitrogens with one attached hydrogen (secondary N) is 2. The first-order valence-corrected chi connectivity index (χ1v) is 6.49. The van der Waals surface area contributed by atoms with Gasteiger partial charge in [-0.3, -0.25) is 0 Å². The Morgan fingerprint density at radius 2 is 1.71 bits per heavy atom. The zero-order valence-corrected chi connectivity index (χ0v) is 11.0. The van der Waals surface area contributed by atoms with Crippen LogP contribution in [0, 0.1) is 0 Å². The zero-order valence-electron chi connectivity index (χ0n) is 11.0. The summed E-state index contributed by atoms with van der Waals surface area (Å²) in [7, 11) is 0. The summed E-state index contributed by atoms with van der Waals surface area (Å²) in [6, 6.07) is 13.1. The molecular formula is C16H13F3N2. The largest absolute Gasteiger partial charge is 0.416 e. The average Bonchev–Trinajstić information content (AvgIpc) is 2.92. The molecule has 1 heterocycles. The fourth-order valence-electron chi connectivity index (χ4n) is 2.18. The molecule has 1 aromatic heterocycles. The molecule has 0 amide bonds. The third kappa shape index (κ3) is 3.02. The minimum Gasteiger partial charge on any atom is -0.381 e. The molecule has 0 aliphatic heterocycles. The quantitative estimate of drug-likeness (QED) is 0.712. The second-order valence-corrected chi connectivity index (χ2v) is 4.83. The zero-order chi connectivity index (χ0) is 14.9. The third-order valence-corrected chi connectivity index (χ3v) is 3.33. The highest BCUT2D eigenvalue weighted by Gasteiger charge is 2.29. The van der Waals surface area contributed by atoms with Gasteiger partial charge in [0.2, 0.25) is 0 Å². The van der Waals surface area contributed by atoms with Crippen molar-refractivity contribution < 1.29 is 13.2 Å². The van der Waals surface area contributed by atoms with Gasteiger partial charge >= 0.3 is 6.18 Å². The van der Waals surface area contributed by atoms with Crippen LogP contribution in [0.1, 0.15) is 11.1 Å². The SMILES string of the molecule is FC(F)(F)c1ccc(CNc2ccc3[nH]ccc3c2)cc1. The summed E-state index contributed by atoms with van der Waals surface area (Å²) in [5.74, 6) is 0. The number of anilines is 1. The molecule has 3 aromatic rings. The molecule has 0 bridgehead atoms. The fourth-order valence-corrected chi connectivity index (χ4v) is 2.18. The van der Waals surface area contributed by atoms with Crippen LogP contribution in [0.4, 0.5) is 18.9 Å². The predicted octanol–water partition coefficient (Wildman–Crippen LogP) is 4.80. The van der Waals surface area contributed by atoms with Crippen molar-refractivity contribution in [1.82, 2.24) is 4.98 Å². The van der Waals surface area contributed by atoms with Gasteiger partial charge in [0.25, 0.3) is 0 Å². The van der Waals surface area contributed by atoms with Gasteiger partial charge in [-0.25, -0.2) is 0 Å². The molecule has 0 atom stereocenters. The van der Waals surface area contributed by atoms with Crippen LogP contribution in [0.5, 0.6) is 0 Å². The first-order valence-electron chi connectivity index (χ1n) is 6.49. The number of benzene rings is 2. The number of aromatic amines is 1. The van der Waals surface area contributed by atoms with E-state index in [1.54, 1.807) is 0 Å². The lowest BCUT2D eigenvalue weighted by Crippen LogP contribution is -2.05. The van der Waals surface area contributed by atoms with E-state index < -0.39 is 11.7 Å². The van der Waals surface area contributed by atoms with Gasteiger partial charge in [-0.2, -0.15) is 13.2 Å². The van der Waals surface area contributed by atoms with Crippen molar-refractivity contribution in [2.24, 2.45) is 0 Å². The molecule has 2 aromatic carbocycles. The molecule has 0 saturated heterocycles. The number of alkyl halides is 3. The van der Waals surface area contributed by atoms with Gasteiger partial charge in [0.1, 0.15) is 0 Å². The predicted molar refractivity (Wildman–Crippen MR) is 77.1 cm³/mol. The van der Waals surface area contributed by atoms with Crippen molar-refractivity contribution in [2.45, 2.75) is 12.7 Å². The number of aromatic nitrogens is 1. The normalized spacial score (nSPS) is 11.8. The van der Waals surface area contributed by atoms with E-state index in [2.05, 4.69) is 10.3 Å². The molecule has 2 N–H and O–H groups in total. The molecule has 0 aliphatic carbocycles. The van der Waals surface area contributed by atoms with Crippen LogP contribution in [-0.2, 0) is 12.7 Å². The second kappa shape index (κ2) is 5.16. The number of hydrogen-bond acceptors (Lipinski definition) is 1. The maximum absolute atomic E-state index is 12.5. The highest BCUT2D eigenvalue weighted by atomic mass is 19.4. The number of rotatable bonds is 3. The summed E-state index contributed by atoms with van der Waals surface area (Å²) in [4.78, 5) is 3.11. The van der Waals surface area contributed by atoms with Crippen LogP contribution >= 0.6 is 0 Å². The summed E-state index contributed by atoms with van der Waals surface area (Å²) < 4.78 is 37.4. The molecule has 21 heavy (non-hydrogen) atoms. The van der Waals surface area contributed by atoms with Gasteiger partial charge in [-0.1, -0.05) is 12.1 Å². The van der Waals surface area contributed by atoms with Crippen molar-refractivity contribution in [3.8, 4) is 0 Å². The smallest absolute Gasteiger partial charge is 0.381 e. The average molecular weight is 290 g/mol. The van der Waals surface area contributed by atoms with E-state index in [0.717, 1.165) is 34.3 Å². The van der Waals surface area contributed by atoms with E-state index in [4.69, 9.17) is 0 Å². The van der Waals surface area contributed by atoms with Crippen molar-refractivity contribution in [3.05, 3.63) is 65.9 Å². The Bertz CT molecular complexity index is 742. The lowest BCUT2D eigenvalue weighted by atomic mass is 10.1. The van der Waals surface area contributed by atoms with Crippen LogP contribution in [-0.4, -0.2) is 4.98 Å². The van der Waals surface area contributed by atoms with E-state index >= 15 is 0 Å². The van der Waals surface area contributed by atoms with E-state index in [9.17, 15) is 13.2 Å². The van der Waals surface area contributed by atoms with Crippen molar-refractivity contribution in [2.75, 3.05) is 5.32 Å². The van der Waals surface area contributed by atoms with Crippen LogP contribution in [0.3, 0.4) is 0 Å². The van der Waals surface area contributed by atoms with E-state index in [1.807, 2.05) is 30.5 Å². The topological polar surface area (TPSA) is 27.8 Å². The minimum absolute atomic E-state index is 0.480. The minimum atomic E-state index is -4.29. The Labute approximate surface area is 119 Å². The van der Waals surface area contributed by atoms with Crippen molar-refractivity contribution in [3.63, 3.8) is 0 Å². The third-order valence-electron chi connectivity index (χ3n) is 3.33. The van der Waals surface area contributed by atoms with Crippen molar-refractivity contribution in [1.29, 1.82) is 0 Å². The molecule has 0 spiro atoms. The molecule has 3 rings (SSSR count). The standard InChI is InChI=1S/C16H13F3N2/c17-16(18,19)13-3-1-11(2-4-13)10-21-14-5-6-15-12(9-14)7-8-20-15/h1-9,20-21H,10H2. The van der Waals surface area contributed by atoms with Crippen LogP contribution in [0.2, 0.25) is 0 Å². The van der Waals surface area contributed by atoms with E-state index in [1.165, 1.54) is 12.1 Å². The Balaban J connectivity index is 1.69. The molecule has 0 aliphatic rings. The molecule has 108 valence electrons. The highest BCUT2D eigenvalue weighted by molar-refractivity contribution is 5.82. The summed E-state index contributed by atoms with van der Waals surface area (Å²) >= 11 is 0. The van der Waals surface area contributed by atoms with Crippen LogP contribution < -0.4 is 5.32 Å². The molecular weight excluding hydrogens is 277 g/mol. The summed E-state index contributed by atoms with van der Waals surface area (Å²) in [5.41, 5.74) is 2.16. The maximum Gasteiger partial charge on any atom is 0.416 e. The molecule has 5 heteroatoms. The van der Waals surface area contributed by atoms with Gasteiger partial charge < -0.3 is 10.3 Å². The summed E-state index contributed by atoms with van der Waals surface area (Å²) in [6.45, 7) is 0.480. The number of H-pyrrole nitrogens is 1. The Kier molecular flexibility index (Phi) is 3.33. The van der Waals surface area contributed by atoms with Gasteiger partial charge in [0.15, 0.2) is 0 Å². The van der Waals surface area contributed by atoms with E-state index in [0.29, 0.717) is 6.54 Å². The van der Waals surface area contributed by atoms with Gasteiger partial charge in [-0.05, 0) is 42.0 Å². The maximum atomic E-state index is 12.5. The van der Waals surface area contributed by atoms with Gasteiger partial charge in [-0.15, -0.1) is 0 Å². The Morgan fingerprint density at radius 1 is 0.952 bits per heavy atom. The Hall–Kier alpha value is -2.43. The molecule has 0 unspecified atom stereocenters. The van der Waals surface area contributed by atoms with Crippen LogP contribution in [0.25, 0.3) is 10.9 Å². The van der Waals surface area contributed by atoms with Crippen LogP contribution in [0.15, 0.2) is 54.7 Å². The number of fused-ring (bicyclic) bond motifs is 1. The lowest BCUT2D eigenvalue weighted by molar-refractivity contribution is -0.137. The first-order chi connectivity index (χ1) is 10.0. The second-order valence-electron chi connectivity index (χ2n) is 4.83. The fraction of sp³-hybridized carbons (Fsp3) is 0.125. The first kappa shape index (κ1) is 13.5. The molecule has 0 radical (unpaired) electrons. The van der Waals surface area contributed by atoms with E-state index in [-0.39, 0.29) is 0 Å². The molecule has 0 fully saturated rings. The molecule has 0 saturated carbocycles. The molecule has 2 nitrogen and oxygen atoms in total. The highest BCUT2D eigenvalue weighted by Crippen LogP contribution is 2.29.